The van der Waals surface area contributed by atoms with Crippen LogP contribution in [0.4, 0.5) is 5.69 Å². The van der Waals surface area contributed by atoms with E-state index < -0.39 is 10.0 Å². The Morgan fingerprint density at radius 3 is 2.00 bits per heavy atom. The molecule has 0 aliphatic rings. The lowest BCUT2D eigenvalue weighted by Gasteiger charge is -2.11. The largest absolute Gasteiger partial charge is 0.339 e. The van der Waals surface area contributed by atoms with Gasteiger partial charge in [0.25, 0.3) is 10.0 Å². The molecule has 0 aliphatic carbocycles. The Morgan fingerprint density at radius 2 is 1.29 bits per heavy atom. The van der Waals surface area contributed by atoms with Gasteiger partial charge in [0.15, 0.2) is 5.84 Å². The predicted molar refractivity (Wildman–Crippen MR) is 114 cm³/mol. The monoisotopic (exact) mass is 386 g/mol. The highest BCUT2D eigenvalue weighted by Gasteiger charge is 2.16. The van der Waals surface area contributed by atoms with E-state index in [1.54, 1.807) is 18.2 Å². The molecule has 0 amide bonds. The van der Waals surface area contributed by atoms with Gasteiger partial charge in [0.2, 0.25) is 0 Å². The van der Waals surface area contributed by atoms with Crippen LogP contribution in [0.5, 0.6) is 0 Å². The standard InChI is InChI=1S/C23H18N2O2S/c26-28(27,22-16-15-18-9-7-8-12-20(18)17-22)25-23(19-10-3-1-4-11-19)24-21-13-5-2-6-14-21/h1-17H,(H,24,25). The molecule has 28 heavy (non-hydrogen) atoms. The van der Waals surface area contributed by atoms with Crippen LogP contribution >= 0.6 is 0 Å². The summed E-state index contributed by atoms with van der Waals surface area (Å²) in [6.07, 6.45) is 0. The van der Waals surface area contributed by atoms with Crippen LogP contribution in [0, 0.1) is 0 Å². The van der Waals surface area contributed by atoms with Crippen molar-refractivity contribution in [2.24, 2.45) is 4.40 Å². The molecule has 5 heteroatoms. The summed E-state index contributed by atoms with van der Waals surface area (Å²) in [6, 6.07) is 31.3. The number of anilines is 1. The van der Waals surface area contributed by atoms with Gasteiger partial charge in [-0.2, -0.15) is 8.42 Å². The molecule has 0 heterocycles. The topological polar surface area (TPSA) is 58.5 Å². The Kier molecular flexibility index (Phi) is 4.91. The van der Waals surface area contributed by atoms with Crippen molar-refractivity contribution in [1.82, 2.24) is 0 Å². The first-order valence-corrected chi connectivity index (χ1v) is 10.3. The number of amidine groups is 1. The smallest absolute Gasteiger partial charge is 0.284 e. The average Bonchev–Trinajstić information content (AvgIpc) is 2.74. The number of hydrogen-bond donors (Lipinski definition) is 1. The minimum atomic E-state index is -3.89. The zero-order chi connectivity index (χ0) is 19.4. The summed E-state index contributed by atoms with van der Waals surface area (Å²) in [5, 5.41) is 4.97. The number of sulfonamides is 1. The molecule has 1 N–H and O–H groups in total. The van der Waals surface area contributed by atoms with Crippen molar-refractivity contribution < 1.29 is 8.42 Å². The molecular weight excluding hydrogens is 368 g/mol. The molecular formula is C23H18N2O2S. The highest BCUT2D eigenvalue weighted by molar-refractivity contribution is 7.90. The van der Waals surface area contributed by atoms with Gasteiger partial charge in [-0.3, -0.25) is 0 Å². The van der Waals surface area contributed by atoms with Gasteiger partial charge < -0.3 is 5.32 Å². The number of para-hydroxylation sites is 1. The lowest BCUT2D eigenvalue weighted by molar-refractivity contribution is 0.598. The van der Waals surface area contributed by atoms with Gasteiger partial charge in [0.1, 0.15) is 0 Å². The maximum Gasteiger partial charge on any atom is 0.284 e. The number of rotatable bonds is 4. The van der Waals surface area contributed by atoms with Crippen molar-refractivity contribution in [3.05, 3.63) is 109 Å². The molecule has 4 rings (SSSR count). The summed E-state index contributed by atoms with van der Waals surface area (Å²) in [6.45, 7) is 0. The second kappa shape index (κ2) is 7.66. The van der Waals surface area contributed by atoms with Crippen LogP contribution in [0.3, 0.4) is 0 Å². The minimum absolute atomic E-state index is 0.162. The molecule has 0 saturated heterocycles. The Labute approximate surface area is 164 Å². The first kappa shape index (κ1) is 17.9. The van der Waals surface area contributed by atoms with Crippen molar-refractivity contribution >= 4 is 32.3 Å². The van der Waals surface area contributed by atoms with Gasteiger partial charge in [-0.1, -0.05) is 78.9 Å². The van der Waals surface area contributed by atoms with Gasteiger partial charge in [-0.05, 0) is 35.0 Å². The van der Waals surface area contributed by atoms with Crippen LogP contribution in [0.25, 0.3) is 10.8 Å². The lowest BCUT2D eigenvalue weighted by Crippen LogP contribution is -2.16. The summed E-state index contributed by atoms with van der Waals surface area (Å²) in [7, 11) is -3.89. The van der Waals surface area contributed by atoms with Gasteiger partial charge in [0.05, 0.1) is 4.90 Å². The predicted octanol–water partition coefficient (Wildman–Crippen LogP) is 5.09. The van der Waals surface area contributed by atoms with E-state index in [0.717, 1.165) is 16.5 Å². The molecule has 138 valence electrons. The Bertz CT molecular complexity index is 1240. The summed E-state index contributed by atoms with van der Waals surface area (Å²) >= 11 is 0. The fraction of sp³-hybridized carbons (Fsp3) is 0. The van der Waals surface area contributed by atoms with Gasteiger partial charge in [-0.15, -0.1) is 4.40 Å². The third-order valence-electron chi connectivity index (χ3n) is 4.31. The van der Waals surface area contributed by atoms with Gasteiger partial charge >= 0.3 is 0 Å². The van der Waals surface area contributed by atoms with Gasteiger partial charge in [0, 0.05) is 11.3 Å². The summed E-state index contributed by atoms with van der Waals surface area (Å²) in [5.41, 5.74) is 1.45. The zero-order valence-corrected chi connectivity index (χ0v) is 15.8. The zero-order valence-electron chi connectivity index (χ0n) is 15.0. The van der Waals surface area contributed by atoms with E-state index in [-0.39, 0.29) is 10.7 Å². The van der Waals surface area contributed by atoms with Crippen LogP contribution in [-0.2, 0) is 10.0 Å². The molecule has 4 aromatic carbocycles. The fourth-order valence-electron chi connectivity index (χ4n) is 2.90. The second-order valence-corrected chi connectivity index (χ2v) is 7.89. The number of fused-ring (bicyclic) bond motifs is 1. The molecule has 0 spiro atoms. The summed E-state index contributed by atoms with van der Waals surface area (Å²) in [4.78, 5) is 0.162. The van der Waals surface area contributed by atoms with Crippen LogP contribution in [0.15, 0.2) is 112 Å². The summed E-state index contributed by atoms with van der Waals surface area (Å²) < 4.78 is 30.2. The van der Waals surface area contributed by atoms with E-state index in [1.807, 2.05) is 84.9 Å². The van der Waals surface area contributed by atoms with E-state index in [9.17, 15) is 8.42 Å². The molecule has 0 saturated carbocycles. The van der Waals surface area contributed by atoms with Crippen LogP contribution in [0.2, 0.25) is 0 Å². The Morgan fingerprint density at radius 1 is 0.679 bits per heavy atom. The van der Waals surface area contributed by atoms with Gasteiger partial charge in [-0.25, -0.2) is 0 Å². The molecule has 0 aliphatic heterocycles. The quantitative estimate of drug-likeness (QED) is 0.393. The molecule has 0 aromatic heterocycles. The third-order valence-corrected chi connectivity index (χ3v) is 5.59. The third kappa shape index (κ3) is 3.94. The van der Waals surface area contributed by atoms with Crippen molar-refractivity contribution in [1.29, 1.82) is 0 Å². The van der Waals surface area contributed by atoms with E-state index in [0.29, 0.717) is 5.56 Å². The minimum Gasteiger partial charge on any atom is -0.339 e. The molecule has 0 radical (unpaired) electrons. The first-order chi connectivity index (χ1) is 13.6. The van der Waals surface area contributed by atoms with E-state index in [1.165, 1.54) is 0 Å². The number of nitrogens with one attached hydrogen (secondary N) is 1. The van der Waals surface area contributed by atoms with E-state index in [2.05, 4.69) is 9.71 Å². The van der Waals surface area contributed by atoms with Crippen molar-refractivity contribution in [3.8, 4) is 0 Å². The first-order valence-electron chi connectivity index (χ1n) is 8.83. The highest BCUT2D eigenvalue weighted by Crippen LogP contribution is 2.21. The van der Waals surface area contributed by atoms with Crippen LogP contribution in [0.1, 0.15) is 5.56 Å². The van der Waals surface area contributed by atoms with Crippen molar-refractivity contribution in [2.75, 3.05) is 5.32 Å². The van der Waals surface area contributed by atoms with E-state index in [4.69, 9.17) is 0 Å². The molecule has 0 fully saturated rings. The fourth-order valence-corrected chi connectivity index (χ4v) is 3.92. The lowest BCUT2D eigenvalue weighted by atomic mass is 10.1. The maximum absolute atomic E-state index is 13.0. The van der Waals surface area contributed by atoms with E-state index >= 15 is 0 Å². The van der Waals surface area contributed by atoms with Crippen LogP contribution in [-0.4, -0.2) is 14.3 Å². The molecule has 0 unspecified atom stereocenters. The molecule has 0 bridgehead atoms. The Balaban J connectivity index is 1.79. The normalized spacial score (nSPS) is 12.1. The number of nitrogens with zero attached hydrogens (tertiary/aromatic N) is 1. The second-order valence-electron chi connectivity index (χ2n) is 6.28. The molecule has 4 nitrogen and oxygen atoms in total. The summed E-state index contributed by atoms with van der Waals surface area (Å²) in [5.74, 6) is 0.278. The average molecular weight is 386 g/mol. The SMILES string of the molecule is O=S(=O)(/N=C(/Nc1ccccc1)c1ccccc1)c1ccc2ccccc2c1. The van der Waals surface area contributed by atoms with Crippen molar-refractivity contribution in [2.45, 2.75) is 4.90 Å². The van der Waals surface area contributed by atoms with Crippen molar-refractivity contribution in [3.63, 3.8) is 0 Å². The molecule has 0 atom stereocenters. The molecule has 4 aromatic rings. The number of benzene rings is 4. The highest BCUT2D eigenvalue weighted by atomic mass is 32.2. The van der Waals surface area contributed by atoms with Crippen LogP contribution < -0.4 is 5.32 Å². The number of hydrogen-bond acceptors (Lipinski definition) is 2. The maximum atomic E-state index is 13.0. The Hall–Kier alpha value is -3.44.